The maximum Gasteiger partial charge on any atom is 0.243 e. The van der Waals surface area contributed by atoms with Gasteiger partial charge in [0.25, 0.3) is 0 Å². The van der Waals surface area contributed by atoms with Crippen molar-refractivity contribution in [3.63, 3.8) is 0 Å². The SMILES string of the molecule is O=C(NCc1cccc2ccccc12)C1CSC(Cc2ccccc2F)C(=O)N1. The highest BCUT2D eigenvalue weighted by molar-refractivity contribution is 8.00. The van der Waals surface area contributed by atoms with Gasteiger partial charge in [0.1, 0.15) is 11.9 Å². The number of carbonyl (C=O) groups excluding carboxylic acids is 2. The van der Waals surface area contributed by atoms with Crippen molar-refractivity contribution in [1.82, 2.24) is 10.6 Å². The molecule has 0 spiro atoms. The predicted molar refractivity (Wildman–Crippen MR) is 114 cm³/mol. The Labute approximate surface area is 172 Å². The van der Waals surface area contributed by atoms with Crippen molar-refractivity contribution < 1.29 is 14.0 Å². The van der Waals surface area contributed by atoms with Crippen LogP contribution in [0.3, 0.4) is 0 Å². The Morgan fingerprint density at radius 1 is 1.03 bits per heavy atom. The van der Waals surface area contributed by atoms with Gasteiger partial charge in [-0.1, -0.05) is 60.7 Å². The number of benzene rings is 3. The molecule has 1 aliphatic heterocycles. The van der Waals surface area contributed by atoms with E-state index in [9.17, 15) is 14.0 Å². The summed E-state index contributed by atoms with van der Waals surface area (Å²) in [6.07, 6.45) is 0.313. The van der Waals surface area contributed by atoms with E-state index in [1.54, 1.807) is 18.2 Å². The summed E-state index contributed by atoms with van der Waals surface area (Å²) in [6.45, 7) is 0.399. The quantitative estimate of drug-likeness (QED) is 0.680. The Hall–Kier alpha value is -2.86. The van der Waals surface area contributed by atoms with Crippen LogP contribution in [-0.4, -0.2) is 28.9 Å². The van der Waals surface area contributed by atoms with E-state index in [0.717, 1.165) is 16.3 Å². The molecule has 6 heteroatoms. The van der Waals surface area contributed by atoms with Crippen LogP contribution in [0.2, 0.25) is 0 Å². The maximum absolute atomic E-state index is 13.8. The minimum absolute atomic E-state index is 0.205. The van der Waals surface area contributed by atoms with E-state index in [1.807, 2.05) is 42.5 Å². The van der Waals surface area contributed by atoms with Crippen LogP contribution in [0.5, 0.6) is 0 Å². The maximum atomic E-state index is 13.8. The molecule has 2 amide bonds. The first-order chi connectivity index (χ1) is 14.1. The molecule has 0 aromatic heterocycles. The van der Waals surface area contributed by atoms with Gasteiger partial charge in [0.15, 0.2) is 0 Å². The van der Waals surface area contributed by atoms with Crippen LogP contribution in [0.4, 0.5) is 4.39 Å². The van der Waals surface area contributed by atoms with Crippen molar-refractivity contribution in [3.05, 3.63) is 83.7 Å². The highest BCUT2D eigenvalue weighted by Gasteiger charge is 2.32. The summed E-state index contributed by atoms with van der Waals surface area (Å²) in [5.41, 5.74) is 1.54. The summed E-state index contributed by atoms with van der Waals surface area (Å²) in [4.78, 5) is 25.0. The zero-order valence-corrected chi connectivity index (χ0v) is 16.5. The van der Waals surface area contributed by atoms with Crippen LogP contribution in [0, 0.1) is 5.82 Å². The summed E-state index contributed by atoms with van der Waals surface area (Å²) < 4.78 is 13.8. The third kappa shape index (κ3) is 4.43. The molecule has 2 N–H and O–H groups in total. The number of carbonyl (C=O) groups is 2. The van der Waals surface area contributed by atoms with Crippen LogP contribution in [0.25, 0.3) is 10.8 Å². The van der Waals surface area contributed by atoms with Crippen molar-refractivity contribution in [2.45, 2.75) is 24.3 Å². The van der Waals surface area contributed by atoms with Gasteiger partial charge in [0, 0.05) is 12.3 Å². The van der Waals surface area contributed by atoms with Gasteiger partial charge in [-0.05, 0) is 34.4 Å². The lowest BCUT2D eigenvalue weighted by atomic mass is 10.0. The second-order valence-corrected chi connectivity index (χ2v) is 8.27. The minimum atomic E-state index is -0.584. The highest BCUT2D eigenvalue weighted by Crippen LogP contribution is 2.23. The fourth-order valence-corrected chi connectivity index (χ4v) is 4.68. The Morgan fingerprint density at radius 2 is 1.76 bits per heavy atom. The standard InChI is InChI=1S/C23H21FN2O2S/c24-19-11-4-2-7-16(19)12-21-23(28)26-20(14-29-21)22(27)25-13-17-9-5-8-15-6-1-3-10-18(15)17/h1-11,20-21H,12-14H2,(H,25,27)(H,26,28). The summed E-state index contributed by atoms with van der Waals surface area (Å²) in [5, 5.41) is 7.54. The Balaban J connectivity index is 1.35. The normalized spacial score (nSPS) is 19.0. The summed E-state index contributed by atoms with van der Waals surface area (Å²) in [7, 11) is 0. The lowest BCUT2D eigenvalue weighted by Crippen LogP contribution is -2.54. The molecule has 2 atom stereocenters. The molecule has 0 radical (unpaired) electrons. The van der Waals surface area contributed by atoms with E-state index in [2.05, 4.69) is 10.6 Å². The average Bonchev–Trinajstić information content (AvgIpc) is 2.75. The largest absolute Gasteiger partial charge is 0.350 e. The van der Waals surface area contributed by atoms with E-state index >= 15 is 0 Å². The Kier molecular flexibility index (Phi) is 5.81. The van der Waals surface area contributed by atoms with Crippen LogP contribution in [0.1, 0.15) is 11.1 Å². The third-order valence-electron chi connectivity index (χ3n) is 5.09. The molecular weight excluding hydrogens is 387 g/mol. The van der Waals surface area contributed by atoms with Gasteiger partial charge >= 0.3 is 0 Å². The number of halogens is 1. The van der Waals surface area contributed by atoms with Crippen LogP contribution < -0.4 is 10.6 Å². The number of hydrogen-bond acceptors (Lipinski definition) is 3. The molecule has 4 rings (SSSR count). The second kappa shape index (κ2) is 8.66. The zero-order valence-electron chi connectivity index (χ0n) is 15.7. The first-order valence-electron chi connectivity index (χ1n) is 9.51. The van der Waals surface area contributed by atoms with Crippen molar-refractivity contribution in [2.24, 2.45) is 0 Å². The first-order valence-corrected chi connectivity index (χ1v) is 10.6. The number of rotatable bonds is 5. The molecular formula is C23H21FN2O2S. The number of thioether (sulfide) groups is 1. The number of hydrogen-bond donors (Lipinski definition) is 2. The number of fused-ring (bicyclic) bond motifs is 1. The van der Waals surface area contributed by atoms with Crippen molar-refractivity contribution >= 4 is 34.3 Å². The third-order valence-corrected chi connectivity index (χ3v) is 6.39. The molecule has 3 aromatic rings. The van der Waals surface area contributed by atoms with Gasteiger partial charge in [-0.25, -0.2) is 4.39 Å². The van der Waals surface area contributed by atoms with E-state index in [-0.39, 0.29) is 17.6 Å². The molecule has 1 heterocycles. The van der Waals surface area contributed by atoms with Crippen LogP contribution in [0.15, 0.2) is 66.7 Å². The molecule has 29 heavy (non-hydrogen) atoms. The topological polar surface area (TPSA) is 58.2 Å². The molecule has 0 saturated carbocycles. The van der Waals surface area contributed by atoms with Gasteiger partial charge in [-0.3, -0.25) is 9.59 Å². The molecule has 1 aliphatic rings. The average molecular weight is 408 g/mol. The lowest BCUT2D eigenvalue weighted by Gasteiger charge is -2.28. The van der Waals surface area contributed by atoms with Crippen LogP contribution >= 0.6 is 11.8 Å². The number of amides is 2. The van der Waals surface area contributed by atoms with Crippen molar-refractivity contribution in [2.75, 3.05) is 5.75 Å². The molecule has 0 bridgehead atoms. The molecule has 2 unspecified atom stereocenters. The molecule has 0 aliphatic carbocycles. The molecule has 4 nitrogen and oxygen atoms in total. The lowest BCUT2D eigenvalue weighted by molar-refractivity contribution is -0.128. The van der Waals surface area contributed by atoms with E-state index in [4.69, 9.17) is 0 Å². The van der Waals surface area contributed by atoms with Gasteiger partial charge in [-0.15, -0.1) is 11.8 Å². The second-order valence-electron chi connectivity index (χ2n) is 7.03. The molecule has 148 valence electrons. The van der Waals surface area contributed by atoms with Crippen LogP contribution in [-0.2, 0) is 22.6 Å². The first kappa shape index (κ1) is 19.5. The number of nitrogens with one attached hydrogen (secondary N) is 2. The van der Waals surface area contributed by atoms with E-state index in [0.29, 0.717) is 24.3 Å². The van der Waals surface area contributed by atoms with Gasteiger partial charge in [0.05, 0.1) is 5.25 Å². The highest BCUT2D eigenvalue weighted by atomic mass is 32.2. The monoisotopic (exact) mass is 408 g/mol. The summed E-state index contributed by atoms with van der Waals surface area (Å²) in [5.74, 6) is -0.277. The summed E-state index contributed by atoms with van der Waals surface area (Å²) in [6, 6.07) is 19.9. The van der Waals surface area contributed by atoms with Gasteiger partial charge in [0.2, 0.25) is 11.8 Å². The molecule has 1 saturated heterocycles. The smallest absolute Gasteiger partial charge is 0.243 e. The van der Waals surface area contributed by atoms with Crippen molar-refractivity contribution in [1.29, 1.82) is 0 Å². The fraction of sp³-hybridized carbons (Fsp3) is 0.217. The molecule has 3 aromatic carbocycles. The minimum Gasteiger partial charge on any atom is -0.350 e. The van der Waals surface area contributed by atoms with E-state index in [1.165, 1.54) is 17.8 Å². The fourth-order valence-electron chi connectivity index (χ4n) is 3.50. The Bertz CT molecular complexity index is 1050. The Morgan fingerprint density at radius 3 is 2.59 bits per heavy atom. The van der Waals surface area contributed by atoms with Gasteiger partial charge < -0.3 is 10.6 Å². The zero-order chi connectivity index (χ0) is 20.2. The predicted octanol–water partition coefficient (Wildman–Crippen LogP) is 3.44. The van der Waals surface area contributed by atoms with Crippen molar-refractivity contribution in [3.8, 4) is 0 Å². The van der Waals surface area contributed by atoms with E-state index < -0.39 is 11.3 Å². The summed E-state index contributed by atoms with van der Waals surface area (Å²) >= 11 is 1.40. The van der Waals surface area contributed by atoms with Gasteiger partial charge in [-0.2, -0.15) is 0 Å². The molecule has 1 fully saturated rings.